The molecule has 0 aliphatic carbocycles. The zero-order valence-electron chi connectivity index (χ0n) is 15.9. The van der Waals surface area contributed by atoms with Gasteiger partial charge in [-0.25, -0.2) is 17.8 Å². The number of alkyl halides is 3. The molecule has 0 saturated carbocycles. The molecule has 0 unspecified atom stereocenters. The first-order valence-corrected chi connectivity index (χ1v) is 10.4. The van der Waals surface area contributed by atoms with Gasteiger partial charge in [0.25, 0.3) is 15.9 Å². The van der Waals surface area contributed by atoms with Crippen LogP contribution in [0.5, 0.6) is 5.75 Å². The molecule has 2 aromatic carbocycles. The number of aromatic nitrogens is 3. The predicted molar refractivity (Wildman–Crippen MR) is 104 cm³/mol. The fourth-order valence-corrected chi connectivity index (χ4v) is 4.06. The third-order valence-electron chi connectivity index (χ3n) is 4.03. The zero-order valence-corrected chi connectivity index (χ0v) is 17.5. The maximum absolute atomic E-state index is 12.6. The Morgan fingerprint density at radius 3 is 2.48 bits per heavy atom. The summed E-state index contributed by atoms with van der Waals surface area (Å²) in [5.41, 5.74) is 1.10. The number of aryl methyl sites for hydroxylation is 1. The molecule has 13 heteroatoms. The lowest BCUT2D eigenvalue weighted by atomic mass is 10.2. The summed E-state index contributed by atoms with van der Waals surface area (Å²) in [6, 6.07) is 9.08. The van der Waals surface area contributed by atoms with Crippen molar-refractivity contribution in [1.29, 1.82) is 0 Å². The molecule has 0 bridgehead atoms. The molecule has 1 heterocycles. The lowest BCUT2D eigenvalue weighted by molar-refractivity contribution is -0.275. The van der Waals surface area contributed by atoms with Crippen LogP contribution in [0, 0.1) is 13.8 Å². The smallest absolute Gasteiger partial charge is 0.404 e. The van der Waals surface area contributed by atoms with Crippen molar-refractivity contribution in [2.45, 2.75) is 25.1 Å². The molecule has 164 valence electrons. The van der Waals surface area contributed by atoms with E-state index in [9.17, 15) is 26.4 Å². The van der Waals surface area contributed by atoms with Crippen molar-refractivity contribution in [3.63, 3.8) is 0 Å². The van der Waals surface area contributed by atoms with Gasteiger partial charge in [0.05, 0.1) is 16.4 Å². The van der Waals surface area contributed by atoms with Crippen molar-refractivity contribution >= 4 is 27.5 Å². The number of nitrogens with zero attached hydrogens (tertiary/aromatic N) is 3. The Bertz CT molecular complexity index is 1260. The molecule has 8 nitrogen and oxygen atoms in total. The fourth-order valence-electron chi connectivity index (χ4n) is 2.66. The van der Waals surface area contributed by atoms with Crippen LogP contribution in [-0.4, -0.2) is 35.7 Å². The normalized spacial score (nSPS) is 11.9. The summed E-state index contributed by atoms with van der Waals surface area (Å²) in [4.78, 5) is 11.7. The van der Waals surface area contributed by atoms with E-state index in [4.69, 9.17) is 11.6 Å². The molecule has 0 aliphatic rings. The minimum absolute atomic E-state index is 0.165. The third kappa shape index (κ3) is 4.97. The second kappa shape index (κ2) is 8.19. The third-order valence-corrected chi connectivity index (χ3v) is 5.71. The van der Waals surface area contributed by atoms with Crippen LogP contribution in [0.3, 0.4) is 0 Å². The summed E-state index contributed by atoms with van der Waals surface area (Å²) < 4.78 is 69.5. The van der Waals surface area contributed by atoms with Gasteiger partial charge in [-0.05, 0) is 43.7 Å². The summed E-state index contributed by atoms with van der Waals surface area (Å²) >= 11 is 6.19. The number of benzene rings is 2. The highest BCUT2D eigenvalue weighted by Crippen LogP contribution is 2.29. The molecule has 0 atom stereocenters. The molecule has 3 aromatic rings. The summed E-state index contributed by atoms with van der Waals surface area (Å²) in [5.74, 6) is -2.17. The van der Waals surface area contributed by atoms with Gasteiger partial charge in [0.15, 0.2) is 5.69 Å². The maximum Gasteiger partial charge on any atom is 0.573 e. The van der Waals surface area contributed by atoms with E-state index in [1.807, 2.05) is 6.92 Å². The van der Waals surface area contributed by atoms with Gasteiger partial charge in [-0.3, -0.25) is 4.79 Å². The maximum atomic E-state index is 12.6. The van der Waals surface area contributed by atoms with Crippen molar-refractivity contribution in [2.75, 3.05) is 0 Å². The van der Waals surface area contributed by atoms with Gasteiger partial charge in [0.2, 0.25) is 0 Å². The van der Waals surface area contributed by atoms with E-state index in [1.54, 1.807) is 22.9 Å². The Labute approximate surface area is 179 Å². The van der Waals surface area contributed by atoms with Crippen LogP contribution in [-0.2, 0) is 10.0 Å². The first-order valence-electron chi connectivity index (χ1n) is 8.50. The molecule has 0 radical (unpaired) electrons. The number of rotatable bonds is 5. The number of hydrogen-bond donors (Lipinski definition) is 1. The van der Waals surface area contributed by atoms with Gasteiger partial charge in [0.1, 0.15) is 10.6 Å². The van der Waals surface area contributed by atoms with E-state index in [0.29, 0.717) is 10.7 Å². The summed E-state index contributed by atoms with van der Waals surface area (Å²) in [6.45, 7) is 3.28. The molecule has 1 aromatic heterocycles. The largest absolute Gasteiger partial charge is 0.573 e. The molecular formula is C18H14ClF3N4O4S. The minimum Gasteiger partial charge on any atom is -0.404 e. The molecule has 0 spiro atoms. The highest BCUT2D eigenvalue weighted by molar-refractivity contribution is 7.90. The Hall–Kier alpha value is -3.12. The van der Waals surface area contributed by atoms with Crippen molar-refractivity contribution in [3.05, 3.63) is 64.4 Å². The zero-order chi connectivity index (χ0) is 23.0. The highest BCUT2D eigenvalue weighted by Gasteiger charge is 2.34. The van der Waals surface area contributed by atoms with Crippen molar-refractivity contribution in [2.24, 2.45) is 0 Å². The number of carbonyl (C=O) groups is 1. The predicted octanol–water partition coefficient (Wildman–Crippen LogP) is 3.55. The Balaban J connectivity index is 1.92. The highest BCUT2D eigenvalue weighted by atomic mass is 35.5. The van der Waals surface area contributed by atoms with Gasteiger partial charge in [-0.15, -0.1) is 18.3 Å². The molecule has 0 aliphatic heterocycles. The first kappa shape index (κ1) is 22.6. The van der Waals surface area contributed by atoms with Crippen LogP contribution in [0.2, 0.25) is 5.02 Å². The van der Waals surface area contributed by atoms with Crippen molar-refractivity contribution in [3.8, 4) is 11.4 Å². The number of hydrogen-bond acceptors (Lipinski definition) is 6. The molecular weight excluding hydrogens is 461 g/mol. The topological polar surface area (TPSA) is 103 Å². The van der Waals surface area contributed by atoms with E-state index < -0.39 is 32.9 Å². The second-order valence-corrected chi connectivity index (χ2v) is 8.38. The molecule has 3 rings (SSSR count). The van der Waals surface area contributed by atoms with Crippen LogP contribution in [0.4, 0.5) is 13.2 Å². The molecule has 1 N–H and O–H groups in total. The van der Waals surface area contributed by atoms with Gasteiger partial charge < -0.3 is 4.74 Å². The van der Waals surface area contributed by atoms with E-state index in [0.717, 1.165) is 23.8 Å². The van der Waals surface area contributed by atoms with Crippen LogP contribution < -0.4 is 9.46 Å². The van der Waals surface area contributed by atoms with E-state index in [2.05, 4.69) is 15.0 Å². The van der Waals surface area contributed by atoms with Gasteiger partial charge in [0, 0.05) is 0 Å². The first-order chi connectivity index (χ1) is 14.4. The Morgan fingerprint density at radius 2 is 1.84 bits per heavy atom. The van der Waals surface area contributed by atoms with Crippen molar-refractivity contribution in [1.82, 2.24) is 19.7 Å². The number of nitrogens with one attached hydrogen (secondary N) is 1. The number of halogens is 4. The molecule has 31 heavy (non-hydrogen) atoms. The number of ether oxygens (including phenoxy) is 1. The van der Waals surface area contributed by atoms with E-state index in [-0.39, 0.29) is 11.4 Å². The Kier molecular flexibility index (Phi) is 5.96. The Morgan fingerprint density at radius 1 is 1.16 bits per heavy atom. The summed E-state index contributed by atoms with van der Waals surface area (Å²) in [5, 5.41) is 7.83. The van der Waals surface area contributed by atoms with Crippen LogP contribution in [0.25, 0.3) is 5.69 Å². The number of sulfonamides is 1. The monoisotopic (exact) mass is 474 g/mol. The van der Waals surface area contributed by atoms with Gasteiger partial charge in [-0.1, -0.05) is 35.0 Å². The summed E-state index contributed by atoms with van der Waals surface area (Å²) in [6.07, 6.45) is -5.12. The average Bonchev–Trinajstić information content (AvgIpc) is 3.02. The van der Waals surface area contributed by atoms with Gasteiger partial charge >= 0.3 is 6.36 Å². The van der Waals surface area contributed by atoms with Gasteiger partial charge in [-0.2, -0.15) is 0 Å². The number of carbonyl (C=O) groups excluding carboxylic acids is 1. The SMILES string of the molecule is Cc1ccc(-n2nnc(C(=O)NS(=O)(=O)c3ccccc3OC(F)(F)F)c2C)c(Cl)c1. The fraction of sp³-hybridized carbons (Fsp3) is 0.167. The lowest BCUT2D eigenvalue weighted by Crippen LogP contribution is -2.32. The lowest BCUT2D eigenvalue weighted by Gasteiger charge is -2.13. The molecule has 0 fully saturated rings. The van der Waals surface area contributed by atoms with E-state index in [1.165, 1.54) is 17.7 Å². The number of para-hydroxylation sites is 1. The summed E-state index contributed by atoms with van der Waals surface area (Å²) in [7, 11) is -4.72. The van der Waals surface area contributed by atoms with Crippen LogP contribution in [0.1, 0.15) is 21.7 Å². The van der Waals surface area contributed by atoms with Crippen LogP contribution in [0.15, 0.2) is 47.4 Å². The minimum atomic E-state index is -5.12. The molecule has 0 saturated heterocycles. The molecule has 1 amide bonds. The number of amides is 1. The van der Waals surface area contributed by atoms with E-state index >= 15 is 0 Å². The standard InChI is InChI=1S/C18H14ClF3N4O4S/c1-10-7-8-13(12(19)9-10)26-11(2)16(23-25-26)17(27)24-31(28,29)15-6-4-3-5-14(15)30-18(20,21)22/h3-9H,1-2H3,(H,24,27). The quantitative estimate of drug-likeness (QED) is 0.606. The second-order valence-electron chi connectivity index (χ2n) is 6.32. The van der Waals surface area contributed by atoms with Crippen molar-refractivity contribution < 1.29 is 31.1 Å². The van der Waals surface area contributed by atoms with Crippen LogP contribution >= 0.6 is 11.6 Å². The average molecular weight is 475 g/mol.